The third-order valence-electron chi connectivity index (χ3n) is 0.947. The predicted octanol–water partition coefficient (Wildman–Crippen LogP) is 1.46. The van der Waals surface area contributed by atoms with E-state index in [2.05, 4.69) is 6.26 Å². The van der Waals surface area contributed by atoms with Crippen LogP contribution in [-0.2, 0) is 0 Å². The lowest BCUT2D eigenvalue weighted by Crippen LogP contribution is -2.03. The van der Waals surface area contributed by atoms with Gasteiger partial charge in [0, 0.05) is 16.8 Å². The summed E-state index contributed by atoms with van der Waals surface area (Å²) in [7, 11) is 0. The Kier molecular flexibility index (Phi) is 7.27. The number of hydrogen-bond acceptors (Lipinski definition) is 3. The molecule has 0 aliphatic rings. The van der Waals surface area contributed by atoms with Crippen molar-refractivity contribution in [3.05, 3.63) is 0 Å². The first-order valence-corrected chi connectivity index (χ1v) is 5.47. The normalized spacial score (nSPS) is 13.7. The highest BCUT2D eigenvalue weighted by molar-refractivity contribution is 8.02. The summed E-state index contributed by atoms with van der Waals surface area (Å²) in [4.78, 5) is 0. The zero-order chi connectivity index (χ0) is 7.11. The zero-order valence-electron chi connectivity index (χ0n) is 5.96. The Labute approximate surface area is 65.6 Å². The van der Waals surface area contributed by atoms with E-state index in [4.69, 9.17) is 5.11 Å². The van der Waals surface area contributed by atoms with Crippen molar-refractivity contribution in [3.8, 4) is 0 Å². The van der Waals surface area contributed by atoms with Crippen LogP contribution in [0.3, 0.4) is 0 Å². The van der Waals surface area contributed by atoms with E-state index < -0.39 is 0 Å². The molecule has 0 amide bonds. The standard InChI is InChI=1S/C6H14OS2/c1-6(5-7)9-4-3-8-2/h6-7H,3-5H2,1-2H3. The molecular weight excluding hydrogens is 152 g/mol. The molecule has 0 spiro atoms. The van der Waals surface area contributed by atoms with Gasteiger partial charge in [-0.15, -0.1) is 0 Å². The molecule has 0 aliphatic heterocycles. The molecule has 0 heterocycles. The van der Waals surface area contributed by atoms with Crippen LogP contribution in [-0.4, -0.2) is 34.7 Å². The van der Waals surface area contributed by atoms with Gasteiger partial charge in [-0.2, -0.15) is 23.5 Å². The first-order valence-electron chi connectivity index (χ1n) is 3.02. The Hall–Kier alpha value is 0.660. The molecule has 1 nitrogen and oxygen atoms in total. The van der Waals surface area contributed by atoms with Gasteiger partial charge in [-0.25, -0.2) is 0 Å². The number of aliphatic hydroxyl groups is 1. The van der Waals surface area contributed by atoms with Gasteiger partial charge < -0.3 is 5.11 Å². The molecule has 0 saturated heterocycles. The fraction of sp³-hybridized carbons (Fsp3) is 1.00. The molecule has 0 aromatic carbocycles. The first-order chi connectivity index (χ1) is 4.31. The minimum atomic E-state index is 0.305. The maximum absolute atomic E-state index is 8.61. The van der Waals surface area contributed by atoms with Crippen molar-refractivity contribution < 1.29 is 5.11 Å². The molecule has 1 atom stereocenters. The summed E-state index contributed by atoms with van der Waals surface area (Å²) >= 11 is 3.68. The van der Waals surface area contributed by atoms with Crippen molar-refractivity contribution >= 4 is 23.5 Å². The molecule has 1 N–H and O–H groups in total. The van der Waals surface area contributed by atoms with Crippen molar-refractivity contribution in [1.82, 2.24) is 0 Å². The van der Waals surface area contributed by atoms with Crippen molar-refractivity contribution in [2.75, 3.05) is 24.4 Å². The van der Waals surface area contributed by atoms with Crippen LogP contribution in [0.25, 0.3) is 0 Å². The average molecular weight is 166 g/mol. The van der Waals surface area contributed by atoms with Gasteiger partial charge in [-0.1, -0.05) is 6.92 Å². The van der Waals surface area contributed by atoms with E-state index in [-0.39, 0.29) is 0 Å². The van der Waals surface area contributed by atoms with Crippen LogP contribution >= 0.6 is 23.5 Å². The maximum Gasteiger partial charge on any atom is 0.0547 e. The topological polar surface area (TPSA) is 20.2 Å². The summed E-state index contributed by atoms with van der Waals surface area (Å²) in [6.45, 7) is 2.35. The summed E-state index contributed by atoms with van der Waals surface area (Å²) in [5, 5.41) is 9.02. The highest BCUT2D eigenvalue weighted by Gasteiger charge is 1.97. The summed E-state index contributed by atoms with van der Waals surface area (Å²) in [6, 6.07) is 0. The lowest BCUT2D eigenvalue weighted by Gasteiger charge is -2.04. The van der Waals surface area contributed by atoms with Crippen molar-refractivity contribution in [2.24, 2.45) is 0 Å². The van der Waals surface area contributed by atoms with Crippen LogP contribution in [0.15, 0.2) is 0 Å². The van der Waals surface area contributed by atoms with E-state index in [9.17, 15) is 0 Å². The van der Waals surface area contributed by atoms with Crippen LogP contribution in [0.2, 0.25) is 0 Å². The second-order valence-corrected chi connectivity index (χ2v) is 4.39. The molecule has 0 aliphatic carbocycles. The SMILES string of the molecule is CSCCSC(C)CO. The smallest absolute Gasteiger partial charge is 0.0547 e. The van der Waals surface area contributed by atoms with Gasteiger partial charge in [0.25, 0.3) is 0 Å². The molecule has 0 aromatic rings. The lowest BCUT2D eigenvalue weighted by atomic mass is 10.5. The third kappa shape index (κ3) is 6.55. The van der Waals surface area contributed by atoms with E-state index in [1.54, 1.807) is 0 Å². The first kappa shape index (κ1) is 9.66. The van der Waals surface area contributed by atoms with Gasteiger partial charge >= 0.3 is 0 Å². The van der Waals surface area contributed by atoms with Crippen molar-refractivity contribution in [1.29, 1.82) is 0 Å². The van der Waals surface area contributed by atoms with E-state index in [1.807, 2.05) is 30.4 Å². The number of thioether (sulfide) groups is 2. The fourth-order valence-corrected chi connectivity index (χ4v) is 1.94. The number of aliphatic hydroxyl groups excluding tert-OH is 1. The third-order valence-corrected chi connectivity index (χ3v) is 2.98. The van der Waals surface area contributed by atoms with Gasteiger partial charge in [-0.3, -0.25) is 0 Å². The molecule has 3 heteroatoms. The molecule has 1 unspecified atom stereocenters. The Bertz CT molecular complexity index is 59.0. The fourth-order valence-electron chi connectivity index (χ4n) is 0.385. The quantitative estimate of drug-likeness (QED) is 0.625. The van der Waals surface area contributed by atoms with Gasteiger partial charge in [0.05, 0.1) is 6.61 Å². The monoisotopic (exact) mass is 166 g/mol. The predicted molar refractivity (Wildman–Crippen MR) is 47.4 cm³/mol. The Morgan fingerprint density at radius 1 is 1.44 bits per heavy atom. The minimum absolute atomic E-state index is 0.305. The molecule has 0 rings (SSSR count). The average Bonchev–Trinajstić information content (AvgIpc) is 1.89. The van der Waals surface area contributed by atoms with Crippen molar-refractivity contribution in [3.63, 3.8) is 0 Å². The number of hydrogen-bond donors (Lipinski definition) is 1. The van der Waals surface area contributed by atoms with E-state index in [0.717, 1.165) is 5.75 Å². The highest BCUT2D eigenvalue weighted by atomic mass is 32.2. The van der Waals surface area contributed by atoms with Crippen LogP contribution in [0.5, 0.6) is 0 Å². The van der Waals surface area contributed by atoms with E-state index in [0.29, 0.717) is 11.9 Å². The minimum Gasteiger partial charge on any atom is -0.395 e. The van der Waals surface area contributed by atoms with Gasteiger partial charge in [-0.05, 0) is 6.26 Å². The summed E-state index contributed by atoms with van der Waals surface area (Å²) < 4.78 is 0. The highest BCUT2D eigenvalue weighted by Crippen LogP contribution is 2.10. The Balaban J connectivity index is 2.88. The number of rotatable bonds is 5. The van der Waals surface area contributed by atoms with Crippen LogP contribution < -0.4 is 0 Å². The van der Waals surface area contributed by atoms with E-state index >= 15 is 0 Å². The van der Waals surface area contributed by atoms with Gasteiger partial charge in [0.15, 0.2) is 0 Å². The zero-order valence-corrected chi connectivity index (χ0v) is 7.60. The molecular formula is C6H14OS2. The Morgan fingerprint density at radius 2 is 2.11 bits per heavy atom. The van der Waals surface area contributed by atoms with Crippen LogP contribution in [0, 0.1) is 0 Å². The molecule has 0 saturated carbocycles. The molecule has 0 fully saturated rings. The van der Waals surface area contributed by atoms with E-state index in [1.165, 1.54) is 5.75 Å². The van der Waals surface area contributed by atoms with Crippen LogP contribution in [0.1, 0.15) is 6.92 Å². The van der Waals surface area contributed by atoms with Gasteiger partial charge in [0.2, 0.25) is 0 Å². The molecule has 0 radical (unpaired) electrons. The maximum atomic E-state index is 8.61. The van der Waals surface area contributed by atoms with Gasteiger partial charge in [0.1, 0.15) is 0 Å². The molecule has 0 bridgehead atoms. The summed E-state index contributed by atoms with van der Waals surface area (Å²) in [5.74, 6) is 2.35. The van der Waals surface area contributed by atoms with Crippen molar-refractivity contribution in [2.45, 2.75) is 12.2 Å². The summed E-state index contributed by atoms with van der Waals surface area (Å²) in [6.07, 6.45) is 2.10. The molecule has 0 aromatic heterocycles. The second-order valence-electron chi connectivity index (χ2n) is 1.86. The second kappa shape index (κ2) is 6.78. The Morgan fingerprint density at radius 3 is 2.56 bits per heavy atom. The lowest BCUT2D eigenvalue weighted by molar-refractivity contribution is 0.300. The molecule has 56 valence electrons. The largest absolute Gasteiger partial charge is 0.395 e. The summed E-state index contributed by atoms with van der Waals surface area (Å²) in [5.41, 5.74) is 0. The molecule has 9 heavy (non-hydrogen) atoms. The van der Waals surface area contributed by atoms with Crippen LogP contribution in [0.4, 0.5) is 0 Å².